The standard InChI is InChI=1S/C11H9F2NS/c1-2-8-6-14-11(15-8)9-5-7(12)3-4-10(9)13/h3-6H,2H2,1H3. The Morgan fingerprint density at radius 3 is 2.80 bits per heavy atom. The number of benzene rings is 1. The lowest BCUT2D eigenvalue weighted by molar-refractivity contribution is 0.603. The first kappa shape index (κ1) is 10.2. The maximum atomic E-state index is 13.4. The average Bonchev–Trinajstić information content (AvgIpc) is 2.70. The van der Waals surface area contributed by atoms with Crippen LogP contribution in [0.2, 0.25) is 0 Å². The lowest BCUT2D eigenvalue weighted by Crippen LogP contribution is -1.84. The Balaban J connectivity index is 2.48. The molecular weight excluding hydrogens is 216 g/mol. The summed E-state index contributed by atoms with van der Waals surface area (Å²) < 4.78 is 26.3. The molecule has 2 aromatic rings. The van der Waals surface area contributed by atoms with Gasteiger partial charge in [0.25, 0.3) is 0 Å². The highest BCUT2D eigenvalue weighted by molar-refractivity contribution is 7.15. The second kappa shape index (κ2) is 4.06. The second-order valence-corrected chi connectivity index (χ2v) is 4.22. The van der Waals surface area contributed by atoms with Gasteiger partial charge in [0.15, 0.2) is 0 Å². The van der Waals surface area contributed by atoms with Crippen molar-refractivity contribution in [2.75, 3.05) is 0 Å². The molecule has 15 heavy (non-hydrogen) atoms. The first-order chi connectivity index (χ1) is 7.20. The number of hydrogen-bond donors (Lipinski definition) is 0. The Labute approximate surface area is 90.4 Å². The minimum atomic E-state index is -0.445. The number of aromatic nitrogens is 1. The van der Waals surface area contributed by atoms with Crippen molar-refractivity contribution < 1.29 is 8.78 Å². The zero-order valence-electron chi connectivity index (χ0n) is 8.13. The molecule has 0 radical (unpaired) electrons. The van der Waals surface area contributed by atoms with Crippen LogP contribution in [0.5, 0.6) is 0 Å². The molecule has 0 bridgehead atoms. The van der Waals surface area contributed by atoms with E-state index >= 15 is 0 Å². The van der Waals surface area contributed by atoms with Crippen LogP contribution < -0.4 is 0 Å². The predicted octanol–water partition coefficient (Wildman–Crippen LogP) is 3.65. The molecule has 0 saturated carbocycles. The molecule has 0 fully saturated rings. The Morgan fingerprint density at radius 1 is 1.33 bits per heavy atom. The fraction of sp³-hybridized carbons (Fsp3) is 0.182. The zero-order valence-corrected chi connectivity index (χ0v) is 8.94. The Morgan fingerprint density at radius 2 is 2.13 bits per heavy atom. The fourth-order valence-corrected chi connectivity index (χ4v) is 2.13. The lowest BCUT2D eigenvalue weighted by atomic mass is 10.2. The molecule has 0 saturated heterocycles. The number of thiazole rings is 1. The van der Waals surface area contributed by atoms with Gasteiger partial charge < -0.3 is 0 Å². The van der Waals surface area contributed by atoms with Gasteiger partial charge in [0.05, 0.1) is 0 Å². The van der Waals surface area contributed by atoms with Gasteiger partial charge in [-0.3, -0.25) is 0 Å². The summed E-state index contributed by atoms with van der Waals surface area (Å²) in [6.07, 6.45) is 2.55. The van der Waals surface area contributed by atoms with Crippen molar-refractivity contribution in [3.8, 4) is 10.6 Å². The molecule has 78 valence electrons. The van der Waals surface area contributed by atoms with Crippen LogP contribution in [0.4, 0.5) is 8.78 Å². The van der Waals surface area contributed by atoms with E-state index in [1.807, 2.05) is 6.92 Å². The molecule has 1 heterocycles. The van der Waals surface area contributed by atoms with Crippen molar-refractivity contribution in [2.24, 2.45) is 0 Å². The SMILES string of the molecule is CCc1cnc(-c2cc(F)ccc2F)s1. The van der Waals surface area contributed by atoms with E-state index in [-0.39, 0.29) is 5.56 Å². The van der Waals surface area contributed by atoms with Crippen LogP contribution in [0.1, 0.15) is 11.8 Å². The molecule has 2 rings (SSSR count). The predicted molar refractivity (Wildman–Crippen MR) is 56.8 cm³/mol. The van der Waals surface area contributed by atoms with E-state index in [0.29, 0.717) is 5.01 Å². The smallest absolute Gasteiger partial charge is 0.133 e. The molecule has 4 heteroatoms. The van der Waals surface area contributed by atoms with Gasteiger partial charge in [-0.1, -0.05) is 6.92 Å². The van der Waals surface area contributed by atoms with Gasteiger partial charge in [-0.2, -0.15) is 0 Å². The topological polar surface area (TPSA) is 12.9 Å². The number of halogens is 2. The van der Waals surface area contributed by atoms with Gasteiger partial charge in [0.1, 0.15) is 16.6 Å². The van der Waals surface area contributed by atoms with Crippen molar-refractivity contribution in [3.05, 3.63) is 40.9 Å². The molecule has 0 spiro atoms. The fourth-order valence-electron chi connectivity index (χ4n) is 1.26. The summed E-state index contributed by atoms with van der Waals surface area (Å²) in [6, 6.07) is 3.40. The van der Waals surface area contributed by atoms with Crippen LogP contribution >= 0.6 is 11.3 Å². The van der Waals surface area contributed by atoms with Crippen LogP contribution in [-0.4, -0.2) is 4.98 Å². The largest absolute Gasteiger partial charge is 0.244 e. The molecule has 1 aromatic heterocycles. The number of hydrogen-bond acceptors (Lipinski definition) is 2. The number of rotatable bonds is 2. The van der Waals surface area contributed by atoms with E-state index in [9.17, 15) is 8.78 Å². The Hall–Kier alpha value is -1.29. The van der Waals surface area contributed by atoms with Crippen molar-refractivity contribution >= 4 is 11.3 Å². The molecular formula is C11H9F2NS. The Bertz CT molecular complexity index is 479. The maximum absolute atomic E-state index is 13.4. The summed E-state index contributed by atoms with van der Waals surface area (Å²) in [5.41, 5.74) is 0.236. The van der Waals surface area contributed by atoms with Gasteiger partial charge in [0, 0.05) is 16.6 Å². The monoisotopic (exact) mass is 225 g/mol. The van der Waals surface area contributed by atoms with E-state index in [4.69, 9.17) is 0 Å². The molecule has 1 aromatic carbocycles. The third kappa shape index (κ3) is 2.04. The van der Waals surface area contributed by atoms with Crippen LogP contribution in [-0.2, 0) is 6.42 Å². The van der Waals surface area contributed by atoms with Gasteiger partial charge in [-0.05, 0) is 24.6 Å². The van der Waals surface area contributed by atoms with Crippen LogP contribution in [0.25, 0.3) is 10.6 Å². The summed E-state index contributed by atoms with van der Waals surface area (Å²) in [6.45, 7) is 2.00. The van der Waals surface area contributed by atoms with E-state index in [1.54, 1.807) is 6.20 Å². The molecule has 1 nitrogen and oxygen atoms in total. The summed E-state index contributed by atoms with van der Waals surface area (Å²) in [5, 5.41) is 0.531. The molecule has 0 aliphatic heterocycles. The minimum Gasteiger partial charge on any atom is -0.244 e. The van der Waals surface area contributed by atoms with Crippen molar-refractivity contribution in [3.63, 3.8) is 0 Å². The van der Waals surface area contributed by atoms with Crippen LogP contribution in [0.3, 0.4) is 0 Å². The number of nitrogens with zero attached hydrogens (tertiary/aromatic N) is 1. The molecule has 0 aliphatic rings. The van der Waals surface area contributed by atoms with E-state index in [1.165, 1.54) is 17.4 Å². The molecule has 0 unspecified atom stereocenters. The highest BCUT2D eigenvalue weighted by atomic mass is 32.1. The maximum Gasteiger partial charge on any atom is 0.133 e. The van der Waals surface area contributed by atoms with Crippen molar-refractivity contribution in [1.82, 2.24) is 4.98 Å². The third-order valence-corrected chi connectivity index (χ3v) is 3.24. The zero-order chi connectivity index (χ0) is 10.8. The van der Waals surface area contributed by atoms with Crippen molar-refractivity contribution in [2.45, 2.75) is 13.3 Å². The first-order valence-corrected chi connectivity index (χ1v) is 5.42. The first-order valence-electron chi connectivity index (χ1n) is 4.61. The van der Waals surface area contributed by atoms with E-state index < -0.39 is 11.6 Å². The number of aryl methyl sites for hydroxylation is 1. The van der Waals surface area contributed by atoms with Crippen LogP contribution in [0.15, 0.2) is 24.4 Å². The Kier molecular flexibility index (Phi) is 2.77. The lowest BCUT2D eigenvalue weighted by Gasteiger charge is -1.98. The molecule has 0 amide bonds. The van der Waals surface area contributed by atoms with Crippen LogP contribution in [0, 0.1) is 11.6 Å². The van der Waals surface area contributed by atoms with E-state index in [2.05, 4.69) is 4.98 Å². The van der Waals surface area contributed by atoms with Gasteiger partial charge in [-0.15, -0.1) is 11.3 Å². The summed E-state index contributed by atoms with van der Waals surface area (Å²) in [4.78, 5) is 5.13. The quantitative estimate of drug-likeness (QED) is 0.760. The summed E-state index contributed by atoms with van der Waals surface area (Å²) in [5.74, 6) is -0.881. The second-order valence-electron chi connectivity index (χ2n) is 3.11. The van der Waals surface area contributed by atoms with Gasteiger partial charge in [0.2, 0.25) is 0 Å². The highest BCUT2D eigenvalue weighted by Gasteiger charge is 2.10. The highest BCUT2D eigenvalue weighted by Crippen LogP contribution is 2.28. The normalized spacial score (nSPS) is 10.6. The van der Waals surface area contributed by atoms with E-state index in [0.717, 1.165) is 23.4 Å². The van der Waals surface area contributed by atoms with Gasteiger partial charge >= 0.3 is 0 Å². The molecule has 0 N–H and O–H groups in total. The minimum absolute atomic E-state index is 0.236. The summed E-state index contributed by atoms with van der Waals surface area (Å²) >= 11 is 1.39. The average molecular weight is 225 g/mol. The van der Waals surface area contributed by atoms with Gasteiger partial charge in [-0.25, -0.2) is 13.8 Å². The summed E-state index contributed by atoms with van der Waals surface area (Å²) in [7, 11) is 0. The molecule has 0 atom stereocenters. The molecule has 0 aliphatic carbocycles. The third-order valence-electron chi connectivity index (χ3n) is 2.06. The van der Waals surface area contributed by atoms with Crippen molar-refractivity contribution in [1.29, 1.82) is 0 Å².